The summed E-state index contributed by atoms with van der Waals surface area (Å²) in [4.78, 5) is 0.765. The van der Waals surface area contributed by atoms with E-state index in [1.54, 1.807) is 12.1 Å². The van der Waals surface area contributed by atoms with E-state index >= 15 is 0 Å². The monoisotopic (exact) mass is 459 g/mol. The molecule has 2 aromatic rings. The molecule has 2 N–H and O–H groups in total. The SMILES string of the molecule is C=C(Cc1ccc([S+]([O-])CC2CC2)cc1)Nc1ccc(C(O)(C(F)F)C(F)(F)F)cc1. The standard InChI is InChI=1S/C22H22F5NO2S/c1-14(12-15-4-10-19(11-5-15)31(30)13-16-2-3-16)28-18-8-6-17(7-9-18)21(29,20(23)24)22(25,26)27/h4-11,16,20,28-29H,1-3,12-13H2. The summed E-state index contributed by atoms with van der Waals surface area (Å²) in [5.41, 5.74) is -3.41. The Morgan fingerprint density at radius 1 is 1.10 bits per heavy atom. The minimum Gasteiger partial charge on any atom is -0.611 e. The second kappa shape index (κ2) is 9.18. The quantitative estimate of drug-likeness (QED) is 0.391. The van der Waals surface area contributed by atoms with Gasteiger partial charge in [-0.25, -0.2) is 8.78 Å². The van der Waals surface area contributed by atoms with Crippen molar-refractivity contribution in [1.29, 1.82) is 0 Å². The van der Waals surface area contributed by atoms with Gasteiger partial charge in [-0.05, 0) is 59.4 Å². The largest absolute Gasteiger partial charge is 0.611 e. The number of hydrogen-bond acceptors (Lipinski definition) is 3. The molecule has 1 aliphatic rings. The highest BCUT2D eigenvalue weighted by molar-refractivity contribution is 7.91. The molecule has 3 rings (SSSR count). The normalized spacial score (nSPS) is 17.3. The predicted octanol–water partition coefficient (Wildman–Crippen LogP) is 5.39. The Morgan fingerprint density at radius 2 is 1.68 bits per heavy atom. The molecule has 0 aliphatic heterocycles. The van der Waals surface area contributed by atoms with Crippen molar-refractivity contribution in [2.75, 3.05) is 11.1 Å². The average Bonchev–Trinajstić information content (AvgIpc) is 3.51. The Labute approximate surface area is 180 Å². The van der Waals surface area contributed by atoms with Gasteiger partial charge >= 0.3 is 6.18 Å². The van der Waals surface area contributed by atoms with Gasteiger partial charge in [-0.1, -0.05) is 30.8 Å². The van der Waals surface area contributed by atoms with Gasteiger partial charge in [0, 0.05) is 23.7 Å². The Hall–Kier alpha value is -2.10. The fourth-order valence-corrected chi connectivity index (χ4v) is 4.46. The first-order valence-corrected chi connectivity index (χ1v) is 10.9. The Kier molecular flexibility index (Phi) is 6.98. The van der Waals surface area contributed by atoms with Gasteiger partial charge in [0.2, 0.25) is 5.60 Å². The molecule has 0 saturated heterocycles. The maximum atomic E-state index is 13.0. The summed E-state index contributed by atoms with van der Waals surface area (Å²) in [6.07, 6.45) is -6.88. The smallest absolute Gasteiger partial charge is 0.427 e. The number of hydrogen-bond donors (Lipinski definition) is 2. The first-order chi connectivity index (χ1) is 14.5. The van der Waals surface area contributed by atoms with E-state index < -0.39 is 34.9 Å². The van der Waals surface area contributed by atoms with E-state index in [9.17, 15) is 31.6 Å². The van der Waals surface area contributed by atoms with Crippen molar-refractivity contribution in [3.63, 3.8) is 0 Å². The zero-order valence-electron chi connectivity index (χ0n) is 16.5. The molecule has 0 heterocycles. The summed E-state index contributed by atoms with van der Waals surface area (Å²) in [5, 5.41) is 12.4. The van der Waals surface area contributed by atoms with Gasteiger partial charge < -0.3 is 15.0 Å². The summed E-state index contributed by atoms with van der Waals surface area (Å²) >= 11 is -1.02. The molecule has 0 radical (unpaired) electrons. The molecule has 9 heteroatoms. The van der Waals surface area contributed by atoms with Crippen molar-refractivity contribution in [3.05, 3.63) is 71.9 Å². The molecular weight excluding hydrogens is 437 g/mol. The third kappa shape index (κ3) is 5.58. The first kappa shape index (κ1) is 23.6. The lowest BCUT2D eigenvalue weighted by Gasteiger charge is -2.30. The van der Waals surface area contributed by atoms with Crippen molar-refractivity contribution in [2.45, 2.75) is 42.4 Å². The summed E-state index contributed by atoms with van der Waals surface area (Å²) in [6.45, 7) is 3.87. The number of halogens is 5. The van der Waals surface area contributed by atoms with E-state index in [2.05, 4.69) is 11.9 Å². The van der Waals surface area contributed by atoms with E-state index in [-0.39, 0.29) is 0 Å². The van der Waals surface area contributed by atoms with Gasteiger partial charge in [-0.2, -0.15) is 13.2 Å². The van der Waals surface area contributed by atoms with Crippen molar-refractivity contribution in [3.8, 4) is 0 Å². The zero-order chi connectivity index (χ0) is 22.8. The van der Waals surface area contributed by atoms with Crippen LogP contribution in [0, 0.1) is 5.92 Å². The molecule has 1 fully saturated rings. The van der Waals surface area contributed by atoms with Crippen LogP contribution in [-0.2, 0) is 23.2 Å². The molecule has 168 valence electrons. The van der Waals surface area contributed by atoms with E-state index in [0.717, 1.165) is 35.4 Å². The number of nitrogens with one attached hydrogen (secondary N) is 1. The lowest BCUT2D eigenvalue weighted by molar-refractivity contribution is -0.305. The maximum Gasteiger partial charge on any atom is 0.427 e. The van der Waals surface area contributed by atoms with Crippen LogP contribution in [0.25, 0.3) is 0 Å². The third-order valence-electron chi connectivity index (χ3n) is 5.08. The average molecular weight is 459 g/mol. The van der Waals surface area contributed by atoms with Crippen LogP contribution in [0.15, 0.2) is 65.7 Å². The Balaban J connectivity index is 1.60. The first-order valence-electron chi connectivity index (χ1n) is 9.60. The van der Waals surface area contributed by atoms with Crippen molar-refractivity contribution in [1.82, 2.24) is 0 Å². The van der Waals surface area contributed by atoms with Crippen LogP contribution < -0.4 is 5.32 Å². The summed E-state index contributed by atoms with van der Waals surface area (Å²) in [6, 6.07) is 11.2. The van der Waals surface area contributed by atoms with E-state index in [4.69, 9.17) is 0 Å². The number of anilines is 1. The number of allylic oxidation sites excluding steroid dienone is 1. The molecule has 0 spiro atoms. The van der Waals surface area contributed by atoms with Gasteiger partial charge in [0.05, 0.1) is 0 Å². The van der Waals surface area contributed by atoms with Crippen LogP contribution in [0.5, 0.6) is 0 Å². The molecule has 3 nitrogen and oxygen atoms in total. The van der Waals surface area contributed by atoms with Crippen LogP contribution in [-0.4, -0.2) is 28.0 Å². The lowest BCUT2D eigenvalue weighted by atomic mass is 9.93. The topological polar surface area (TPSA) is 55.3 Å². The van der Waals surface area contributed by atoms with Gasteiger partial charge in [-0.15, -0.1) is 0 Å². The van der Waals surface area contributed by atoms with E-state index in [0.29, 0.717) is 29.5 Å². The summed E-state index contributed by atoms with van der Waals surface area (Å²) < 4.78 is 77.0. The number of benzene rings is 2. The molecule has 31 heavy (non-hydrogen) atoms. The number of alkyl halides is 5. The fraction of sp³-hybridized carbons (Fsp3) is 0.364. The number of rotatable bonds is 9. The fourth-order valence-electron chi connectivity index (χ4n) is 3.07. The van der Waals surface area contributed by atoms with Gasteiger partial charge in [0.15, 0.2) is 4.90 Å². The number of aliphatic hydroxyl groups is 1. The molecule has 2 aromatic carbocycles. The van der Waals surface area contributed by atoms with E-state index in [1.165, 1.54) is 12.1 Å². The van der Waals surface area contributed by atoms with Crippen LogP contribution in [0.4, 0.5) is 27.6 Å². The predicted molar refractivity (Wildman–Crippen MR) is 109 cm³/mol. The van der Waals surface area contributed by atoms with Crippen LogP contribution in [0.3, 0.4) is 0 Å². The van der Waals surface area contributed by atoms with Gasteiger partial charge in [-0.3, -0.25) is 0 Å². The molecule has 0 aromatic heterocycles. The molecule has 2 unspecified atom stereocenters. The highest BCUT2D eigenvalue weighted by atomic mass is 32.2. The Bertz CT molecular complexity index is 898. The Morgan fingerprint density at radius 3 is 2.16 bits per heavy atom. The zero-order valence-corrected chi connectivity index (χ0v) is 17.3. The minimum atomic E-state index is -5.52. The second-order valence-electron chi connectivity index (χ2n) is 7.65. The van der Waals surface area contributed by atoms with Crippen LogP contribution in [0.1, 0.15) is 24.0 Å². The van der Waals surface area contributed by atoms with Crippen molar-refractivity contribution in [2.24, 2.45) is 5.92 Å². The van der Waals surface area contributed by atoms with Crippen LogP contribution >= 0.6 is 0 Å². The molecule has 1 saturated carbocycles. The van der Waals surface area contributed by atoms with Crippen LogP contribution in [0.2, 0.25) is 0 Å². The highest BCUT2D eigenvalue weighted by Crippen LogP contribution is 2.43. The van der Waals surface area contributed by atoms with Gasteiger partial charge in [0.1, 0.15) is 5.75 Å². The second-order valence-corrected chi connectivity index (χ2v) is 9.14. The highest BCUT2D eigenvalue weighted by Gasteiger charge is 2.61. The third-order valence-corrected chi connectivity index (χ3v) is 6.65. The van der Waals surface area contributed by atoms with Crippen molar-refractivity contribution < 1.29 is 31.6 Å². The molecular formula is C22H22F5NO2S. The lowest BCUT2D eigenvalue weighted by Crippen LogP contribution is -2.48. The summed E-state index contributed by atoms with van der Waals surface area (Å²) in [5.74, 6) is 1.24. The minimum absolute atomic E-state index is 0.342. The summed E-state index contributed by atoms with van der Waals surface area (Å²) in [7, 11) is 0. The van der Waals surface area contributed by atoms with Gasteiger partial charge in [0.25, 0.3) is 6.43 Å². The molecule has 2 atom stereocenters. The maximum absolute atomic E-state index is 13.0. The molecule has 1 aliphatic carbocycles. The van der Waals surface area contributed by atoms with Crippen molar-refractivity contribution >= 4 is 16.9 Å². The van der Waals surface area contributed by atoms with E-state index in [1.807, 2.05) is 12.1 Å². The molecule has 0 bridgehead atoms. The molecule has 0 amide bonds.